The van der Waals surface area contributed by atoms with Crippen molar-refractivity contribution in [2.45, 2.75) is 29.8 Å². The van der Waals surface area contributed by atoms with Gasteiger partial charge in [-0.1, -0.05) is 41.6 Å². The van der Waals surface area contributed by atoms with Crippen LogP contribution in [0.1, 0.15) is 18.9 Å². The molecular weight excluding hydrogens is 399 g/mol. The number of para-hydroxylation sites is 1. The predicted octanol–water partition coefficient (Wildman–Crippen LogP) is 5.18. The third-order valence-corrected chi connectivity index (χ3v) is 5.06. The van der Waals surface area contributed by atoms with E-state index in [2.05, 4.69) is 4.98 Å². The van der Waals surface area contributed by atoms with Crippen LogP contribution in [0.15, 0.2) is 47.6 Å². The van der Waals surface area contributed by atoms with Gasteiger partial charge in [-0.3, -0.25) is 4.79 Å². The normalized spacial score (nSPS) is 12.3. The number of hydrogen-bond acceptors (Lipinski definition) is 4. The average Bonchev–Trinajstić information content (AvgIpc) is 2.63. The summed E-state index contributed by atoms with van der Waals surface area (Å²) in [5.41, 5.74) is -0.313. The second kappa shape index (κ2) is 9.11. The zero-order valence-corrected chi connectivity index (χ0v) is 15.8. The van der Waals surface area contributed by atoms with Crippen molar-refractivity contribution in [2.24, 2.45) is 0 Å². The maximum atomic E-state index is 12.8. The van der Waals surface area contributed by atoms with Crippen LogP contribution in [0.3, 0.4) is 0 Å². The Balaban J connectivity index is 2.19. The third kappa shape index (κ3) is 5.62. The maximum Gasteiger partial charge on any atom is 0.417 e. The monoisotopic (exact) mass is 413 g/mol. The van der Waals surface area contributed by atoms with Gasteiger partial charge in [0.2, 0.25) is 5.91 Å². The Morgan fingerprint density at radius 2 is 2.04 bits per heavy atom. The van der Waals surface area contributed by atoms with Crippen molar-refractivity contribution in [1.29, 1.82) is 5.26 Å². The summed E-state index contributed by atoms with van der Waals surface area (Å²) in [5.74, 6) is -0.292. The second-order valence-electron chi connectivity index (χ2n) is 5.50. The van der Waals surface area contributed by atoms with Gasteiger partial charge in [0.1, 0.15) is 5.03 Å². The second-order valence-corrected chi connectivity index (χ2v) is 7.24. The molecule has 1 aromatic carbocycles. The van der Waals surface area contributed by atoms with E-state index in [0.29, 0.717) is 11.9 Å². The Morgan fingerprint density at radius 1 is 1.37 bits per heavy atom. The molecule has 4 nitrogen and oxygen atoms in total. The molecule has 2 rings (SSSR count). The van der Waals surface area contributed by atoms with Gasteiger partial charge in [-0.05, 0) is 25.1 Å². The van der Waals surface area contributed by atoms with Gasteiger partial charge in [-0.25, -0.2) is 4.98 Å². The first-order valence-corrected chi connectivity index (χ1v) is 9.12. The number of carbonyl (C=O) groups excluding carboxylic acids is 1. The Morgan fingerprint density at radius 3 is 2.59 bits per heavy atom. The lowest BCUT2D eigenvalue weighted by Gasteiger charge is -2.25. The number of hydrogen-bond donors (Lipinski definition) is 0. The molecule has 0 saturated heterocycles. The van der Waals surface area contributed by atoms with E-state index >= 15 is 0 Å². The average molecular weight is 414 g/mol. The lowest BCUT2D eigenvalue weighted by molar-refractivity contribution is -0.137. The predicted molar refractivity (Wildman–Crippen MR) is 98.6 cm³/mol. The Labute approximate surface area is 163 Å². The highest BCUT2D eigenvalue weighted by atomic mass is 35.5. The maximum absolute atomic E-state index is 12.8. The van der Waals surface area contributed by atoms with E-state index in [4.69, 9.17) is 16.9 Å². The van der Waals surface area contributed by atoms with Crippen LogP contribution < -0.4 is 4.90 Å². The fourth-order valence-corrected chi connectivity index (χ4v) is 3.39. The van der Waals surface area contributed by atoms with Gasteiger partial charge in [-0.15, -0.1) is 0 Å². The number of alkyl halides is 3. The highest BCUT2D eigenvalue weighted by Crippen LogP contribution is 2.35. The first-order valence-electron chi connectivity index (χ1n) is 7.87. The van der Waals surface area contributed by atoms with Crippen molar-refractivity contribution in [3.63, 3.8) is 0 Å². The molecule has 0 aliphatic heterocycles. The topological polar surface area (TPSA) is 57.0 Å². The van der Waals surface area contributed by atoms with Gasteiger partial charge in [0.25, 0.3) is 0 Å². The third-order valence-electron chi connectivity index (χ3n) is 3.55. The molecule has 27 heavy (non-hydrogen) atoms. The molecular formula is C18H15ClF3N3OS. The molecule has 0 aliphatic carbocycles. The van der Waals surface area contributed by atoms with Gasteiger partial charge < -0.3 is 4.90 Å². The Hall–Kier alpha value is -2.24. The van der Waals surface area contributed by atoms with Gasteiger partial charge >= 0.3 is 6.18 Å². The van der Waals surface area contributed by atoms with Gasteiger partial charge in [-0.2, -0.15) is 18.4 Å². The molecule has 0 radical (unpaired) electrons. The SMILES string of the molecule is C[C@@H](Sc1ncc(C(F)(F)F)cc1Cl)C(=O)N(CCC#N)c1ccccc1. The number of nitrogens with zero attached hydrogens (tertiary/aromatic N) is 3. The molecule has 0 aliphatic rings. The first-order chi connectivity index (χ1) is 12.7. The smallest absolute Gasteiger partial charge is 0.310 e. The lowest BCUT2D eigenvalue weighted by atomic mass is 10.2. The molecule has 0 fully saturated rings. The minimum atomic E-state index is -4.54. The molecule has 0 bridgehead atoms. The number of rotatable bonds is 6. The van der Waals surface area contributed by atoms with E-state index < -0.39 is 17.0 Å². The zero-order valence-electron chi connectivity index (χ0n) is 14.2. The van der Waals surface area contributed by atoms with Crippen LogP contribution in [-0.4, -0.2) is 22.7 Å². The number of amides is 1. The molecule has 1 amide bonds. The molecule has 0 spiro atoms. The van der Waals surface area contributed by atoms with Crippen LogP contribution in [-0.2, 0) is 11.0 Å². The fraction of sp³-hybridized carbons (Fsp3) is 0.278. The van der Waals surface area contributed by atoms with Crippen LogP contribution in [0.5, 0.6) is 0 Å². The van der Waals surface area contributed by atoms with Crippen molar-refractivity contribution >= 4 is 35.0 Å². The Kier molecular flexibility index (Phi) is 7.11. The van der Waals surface area contributed by atoms with Crippen LogP contribution in [0.2, 0.25) is 5.02 Å². The van der Waals surface area contributed by atoms with E-state index in [9.17, 15) is 18.0 Å². The number of halogens is 4. The summed E-state index contributed by atoms with van der Waals surface area (Å²) >= 11 is 6.88. The highest BCUT2D eigenvalue weighted by molar-refractivity contribution is 8.00. The zero-order chi connectivity index (χ0) is 20.0. The lowest BCUT2D eigenvalue weighted by Crippen LogP contribution is -2.37. The van der Waals surface area contributed by atoms with E-state index in [0.717, 1.165) is 17.8 Å². The van der Waals surface area contributed by atoms with Crippen LogP contribution in [0.4, 0.5) is 18.9 Å². The van der Waals surface area contributed by atoms with E-state index in [1.165, 1.54) is 4.90 Å². The molecule has 1 atom stereocenters. The molecule has 9 heteroatoms. The summed E-state index contributed by atoms with van der Waals surface area (Å²) in [6.45, 7) is 1.82. The number of pyridine rings is 1. The molecule has 1 aromatic heterocycles. The van der Waals surface area contributed by atoms with Gasteiger partial charge in [0.05, 0.1) is 28.3 Å². The summed E-state index contributed by atoms with van der Waals surface area (Å²) in [6, 6.07) is 11.6. The molecule has 142 valence electrons. The van der Waals surface area contributed by atoms with Crippen molar-refractivity contribution in [3.05, 3.63) is 53.2 Å². The van der Waals surface area contributed by atoms with Crippen LogP contribution in [0, 0.1) is 11.3 Å². The van der Waals surface area contributed by atoms with Gasteiger partial charge in [0.15, 0.2) is 0 Å². The van der Waals surface area contributed by atoms with Crippen molar-refractivity contribution in [3.8, 4) is 6.07 Å². The summed E-state index contributed by atoms with van der Waals surface area (Å²) in [7, 11) is 0. The van der Waals surface area contributed by atoms with E-state index in [-0.39, 0.29) is 28.9 Å². The number of nitriles is 1. The van der Waals surface area contributed by atoms with E-state index in [1.807, 2.05) is 6.07 Å². The number of carbonyl (C=O) groups is 1. The minimum Gasteiger partial charge on any atom is -0.310 e. The molecule has 0 unspecified atom stereocenters. The summed E-state index contributed by atoms with van der Waals surface area (Å²) in [5, 5.41) is 8.14. The summed E-state index contributed by atoms with van der Waals surface area (Å²) in [6.07, 6.45) is -3.70. The quantitative estimate of drug-likeness (QED) is 0.612. The summed E-state index contributed by atoms with van der Waals surface area (Å²) in [4.78, 5) is 18.1. The molecule has 2 aromatic rings. The number of aromatic nitrogens is 1. The summed E-state index contributed by atoms with van der Waals surface area (Å²) < 4.78 is 38.1. The highest BCUT2D eigenvalue weighted by Gasteiger charge is 2.32. The van der Waals surface area contributed by atoms with Crippen molar-refractivity contribution < 1.29 is 18.0 Å². The number of benzene rings is 1. The molecule has 0 saturated carbocycles. The van der Waals surface area contributed by atoms with E-state index in [1.54, 1.807) is 37.3 Å². The van der Waals surface area contributed by atoms with Gasteiger partial charge in [0, 0.05) is 18.4 Å². The molecule has 1 heterocycles. The fourth-order valence-electron chi connectivity index (χ4n) is 2.24. The number of anilines is 1. The van der Waals surface area contributed by atoms with Crippen LogP contribution in [0.25, 0.3) is 0 Å². The largest absolute Gasteiger partial charge is 0.417 e. The number of thioether (sulfide) groups is 1. The van der Waals surface area contributed by atoms with Crippen molar-refractivity contribution in [1.82, 2.24) is 4.98 Å². The Bertz CT molecular complexity index is 840. The van der Waals surface area contributed by atoms with Crippen LogP contribution >= 0.6 is 23.4 Å². The standard InChI is InChI=1S/C18H15ClF3N3OS/c1-12(27-16-15(19)10-13(11-24-16)18(20,21)22)17(26)25(9-5-8-23)14-6-3-2-4-7-14/h2-4,6-7,10-12H,5,9H2,1H3/t12-/m1/s1. The first kappa shape index (κ1) is 21.1. The molecule has 0 N–H and O–H groups in total. The van der Waals surface area contributed by atoms with Crippen molar-refractivity contribution in [2.75, 3.05) is 11.4 Å². The minimum absolute atomic E-state index is 0.138.